The van der Waals surface area contributed by atoms with E-state index in [0.29, 0.717) is 28.0 Å². The van der Waals surface area contributed by atoms with Crippen molar-refractivity contribution in [2.45, 2.75) is 13.5 Å². The number of ether oxygens (including phenoxy) is 1. The molecule has 94 valence electrons. The molecule has 0 saturated heterocycles. The van der Waals surface area contributed by atoms with Crippen molar-refractivity contribution in [1.29, 1.82) is 0 Å². The minimum atomic E-state index is -0.244. The second-order valence-corrected chi connectivity index (χ2v) is 4.78. The zero-order chi connectivity index (χ0) is 13.1. The number of benzene rings is 2. The van der Waals surface area contributed by atoms with Gasteiger partial charge in [0.15, 0.2) is 0 Å². The van der Waals surface area contributed by atoms with E-state index in [9.17, 15) is 4.39 Å². The van der Waals surface area contributed by atoms with E-state index in [-0.39, 0.29) is 5.82 Å². The molecular weight excluding hydrogens is 274 g/mol. The summed E-state index contributed by atoms with van der Waals surface area (Å²) in [5, 5.41) is 1.14. The van der Waals surface area contributed by atoms with E-state index < -0.39 is 0 Å². The summed E-state index contributed by atoms with van der Waals surface area (Å²) in [7, 11) is 0. The predicted octanol–water partition coefficient (Wildman–Crippen LogP) is 5.02. The van der Waals surface area contributed by atoms with Gasteiger partial charge in [0.2, 0.25) is 0 Å². The van der Waals surface area contributed by atoms with Crippen LogP contribution in [0.3, 0.4) is 0 Å². The summed E-state index contributed by atoms with van der Waals surface area (Å²) in [6.07, 6.45) is 0. The van der Waals surface area contributed by atoms with Gasteiger partial charge in [-0.2, -0.15) is 0 Å². The zero-order valence-corrected chi connectivity index (χ0v) is 11.2. The summed E-state index contributed by atoms with van der Waals surface area (Å²) in [5.74, 6) is 0.367. The van der Waals surface area contributed by atoms with E-state index in [1.807, 2.05) is 0 Å². The Morgan fingerprint density at radius 3 is 2.56 bits per heavy atom. The molecule has 0 radical (unpaired) electrons. The number of hydrogen-bond acceptors (Lipinski definition) is 1. The Morgan fingerprint density at radius 1 is 1.11 bits per heavy atom. The summed E-state index contributed by atoms with van der Waals surface area (Å²) in [5.41, 5.74) is 1.39. The van der Waals surface area contributed by atoms with Crippen LogP contribution in [0.25, 0.3) is 0 Å². The molecule has 0 heterocycles. The molecule has 0 bridgehead atoms. The molecule has 0 aliphatic heterocycles. The number of rotatable bonds is 3. The Bertz CT molecular complexity index is 570. The number of aryl methyl sites for hydroxylation is 1. The molecular formula is C14H11Cl2FO. The predicted molar refractivity (Wildman–Crippen MR) is 71.9 cm³/mol. The second-order valence-electron chi connectivity index (χ2n) is 3.94. The molecule has 2 aromatic carbocycles. The number of hydrogen-bond donors (Lipinski definition) is 0. The highest BCUT2D eigenvalue weighted by Crippen LogP contribution is 2.23. The van der Waals surface area contributed by atoms with Crippen LogP contribution in [0, 0.1) is 12.7 Å². The normalized spacial score (nSPS) is 10.4. The maximum atomic E-state index is 13.1. The molecule has 0 unspecified atom stereocenters. The van der Waals surface area contributed by atoms with Crippen molar-refractivity contribution in [2.75, 3.05) is 0 Å². The third-order valence-electron chi connectivity index (χ3n) is 2.54. The van der Waals surface area contributed by atoms with Crippen LogP contribution >= 0.6 is 23.2 Å². The molecule has 0 aromatic heterocycles. The molecule has 1 nitrogen and oxygen atoms in total. The minimum absolute atomic E-state index is 0.244. The van der Waals surface area contributed by atoms with E-state index in [1.165, 1.54) is 6.07 Å². The van der Waals surface area contributed by atoms with Crippen molar-refractivity contribution in [1.82, 2.24) is 0 Å². The maximum Gasteiger partial charge on any atom is 0.126 e. The topological polar surface area (TPSA) is 9.23 Å². The monoisotopic (exact) mass is 284 g/mol. The molecule has 0 aliphatic rings. The second kappa shape index (κ2) is 5.59. The number of halogens is 3. The fraction of sp³-hybridized carbons (Fsp3) is 0.143. The van der Waals surface area contributed by atoms with E-state index in [0.717, 1.165) is 5.56 Å². The largest absolute Gasteiger partial charge is 0.489 e. The van der Waals surface area contributed by atoms with Gasteiger partial charge in [0.05, 0.1) is 0 Å². The van der Waals surface area contributed by atoms with Gasteiger partial charge in [-0.05, 0) is 42.8 Å². The van der Waals surface area contributed by atoms with Gasteiger partial charge in [-0.25, -0.2) is 4.39 Å². The van der Waals surface area contributed by atoms with Crippen molar-refractivity contribution in [2.24, 2.45) is 0 Å². The van der Waals surface area contributed by atoms with Crippen LogP contribution in [-0.4, -0.2) is 0 Å². The molecule has 0 spiro atoms. The van der Waals surface area contributed by atoms with Crippen LogP contribution in [-0.2, 0) is 6.61 Å². The van der Waals surface area contributed by atoms with Crippen LogP contribution in [0.4, 0.5) is 4.39 Å². The van der Waals surface area contributed by atoms with E-state index in [2.05, 4.69) is 0 Å². The van der Waals surface area contributed by atoms with Gasteiger partial charge in [0.1, 0.15) is 18.2 Å². The molecule has 0 atom stereocenters. The van der Waals surface area contributed by atoms with E-state index in [4.69, 9.17) is 27.9 Å². The van der Waals surface area contributed by atoms with Crippen molar-refractivity contribution in [3.63, 3.8) is 0 Å². The lowest BCUT2D eigenvalue weighted by Gasteiger charge is -2.09. The molecule has 18 heavy (non-hydrogen) atoms. The highest BCUT2D eigenvalue weighted by Gasteiger charge is 2.04. The first kappa shape index (κ1) is 13.2. The summed E-state index contributed by atoms with van der Waals surface area (Å²) >= 11 is 11.8. The molecule has 0 saturated carbocycles. The van der Waals surface area contributed by atoms with Crippen LogP contribution in [0.15, 0.2) is 36.4 Å². The fourth-order valence-electron chi connectivity index (χ4n) is 1.51. The smallest absolute Gasteiger partial charge is 0.126 e. The average Bonchev–Trinajstić information content (AvgIpc) is 2.32. The third-order valence-corrected chi connectivity index (χ3v) is 3.13. The van der Waals surface area contributed by atoms with E-state index >= 15 is 0 Å². The summed E-state index contributed by atoms with van der Waals surface area (Å²) < 4.78 is 18.6. The van der Waals surface area contributed by atoms with Crippen LogP contribution in [0.2, 0.25) is 10.0 Å². The van der Waals surface area contributed by atoms with Gasteiger partial charge in [-0.1, -0.05) is 29.3 Å². The molecule has 2 rings (SSSR count). The lowest BCUT2D eigenvalue weighted by Crippen LogP contribution is -1.97. The van der Waals surface area contributed by atoms with Gasteiger partial charge >= 0.3 is 0 Å². The first-order valence-electron chi connectivity index (χ1n) is 5.39. The van der Waals surface area contributed by atoms with Crippen molar-refractivity contribution >= 4 is 23.2 Å². The molecule has 0 amide bonds. The van der Waals surface area contributed by atoms with E-state index in [1.54, 1.807) is 37.3 Å². The van der Waals surface area contributed by atoms with Gasteiger partial charge in [-0.15, -0.1) is 0 Å². The average molecular weight is 285 g/mol. The van der Waals surface area contributed by atoms with Crippen LogP contribution < -0.4 is 4.74 Å². The van der Waals surface area contributed by atoms with Crippen molar-refractivity contribution in [3.05, 3.63) is 63.4 Å². The maximum absolute atomic E-state index is 13.1. The lowest BCUT2D eigenvalue weighted by atomic mass is 10.2. The standard InChI is InChI=1S/C14H11Cl2FO/c1-9-6-12(4-5-14(9)17)18-8-10-2-3-11(15)7-13(10)16/h2-7H,8H2,1H3. The SMILES string of the molecule is Cc1cc(OCc2ccc(Cl)cc2Cl)ccc1F. The molecule has 2 aromatic rings. The Balaban J connectivity index is 2.09. The quantitative estimate of drug-likeness (QED) is 0.769. The third kappa shape index (κ3) is 3.15. The van der Waals surface area contributed by atoms with Crippen LogP contribution in [0.5, 0.6) is 5.75 Å². The Labute approximate surface area is 115 Å². The molecule has 0 N–H and O–H groups in total. The Kier molecular flexibility index (Phi) is 4.10. The summed E-state index contributed by atoms with van der Waals surface area (Å²) in [4.78, 5) is 0. The van der Waals surface area contributed by atoms with Crippen LogP contribution in [0.1, 0.15) is 11.1 Å². The minimum Gasteiger partial charge on any atom is -0.489 e. The fourth-order valence-corrected chi connectivity index (χ4v) is 1.97. The highest BCUT2D eigenvalue weighted by molar-refractivity contribution is 6.35. The van der Waals surface area contributed by atoms with Gasteiger partial charge in [-0.3, -0.25) is 0 Å². The molecule has 4 heteroatoms. The Morgan fingerprint density at radius 2 is 1.89 bits per heavy atom. The van der Waals surface area contributed by atoms with Crippen molar-refractivity contribution < 1.29 is 9.13 Å². The summed E-state index contributed by atoms with van der Waals surface area (Å²) in [6.45, 7) is 2.01. The molecule has 0 fully saturated rings. The zero-order valence-electron chi connectivity index (χ0n) is 9.71. The van der Waals surface area contributed by atoms with Crippen molar-refractivity contribution in [3.8, 4) is 5.75 Å². The molecule has 0 aliphatic carbocycles. The first-order chi connectivity index (χ1) is 8.56. The first-order valence-corrected chi connectivity index (χ1v) is 6.15. The highest BCUT2D eigenvalue weighted by atomic mass is 35.5. The summed E-state index contributed by atoms with van der Waals surface area (Å²) in [6, 6.07) is 9.85. The lowest BCUT2D eigenvalue weighted by molar-refractivity contribution is 0.305. The van der Waals surface area contributed by atoms with Gasteiger partial charge in [0, 0.05) is 15.6 Å². The Hall–Kier alpha value is -1.25. The van der Waals surface area contributed by atoms with Gasteiger partial charge in [0.25, 0.3) is 0 Å². The van der Waals surface area contributed by atoms with Gasteiger partial charge < -0.3 is 4.74 Å².